The number of aryl methyl sites for hydroxylation is 1. The normalized spacial score (nSPS) is 25.0. The van der Waals surface area contributed by atoms with E-state index in [2.05, 4.69) is 11.4 Å². The summed E-state index contributed by atoms with van der Waals surface area (Å²) in [4.78, 5) is 40.4. The first-order chi connectivity index (χ1) is 13.0. The third-order valence-corrected chi connectivity index (χ3v) is 7.04. The van der Waals surface area contributed by atoms with Gasteiger partial charge in [-0.2, -0.15) is 5.26 Å². The van der Waals surface area contributed by atoms with E-state index in [1.165, 1.54) is 11.3 Å². The summed E-state index contributed by atoms with van der Waals surface area (Å²) in [6, 6.07) is 1.33. The molecular weight excluding hydrogens is 362 g/mol. The highest BCUT2D eigenvalue weighted by atomic mass is 32.1. The van der Waals surface area contributed by atoms with E-state index in [9.17, 15) is 19.6 Å². The molecule has 0 aromatic carbocycles. The minimum Gasteiger partial charge on any atom is -0.315 e. The van der Waals surface area contributed by atoms with Crippen molar-refractivity contribution in [1.29, 1.82) is 5.26 Å². The number of carbonyl (C=O) groups excluding carboxylic acids is 3. The SMILES string of the molecule is C[C@@H](C(=O)Nc1sc2c(c1C#N)CCCC2)N1C(=O)[C@@H]2CC=CC[C@H]2C1=O. The van der Waals surface area contributed by atoms with Gasteiger partial charge in [0, 0.05) is 4.88 Å². The maximum absolute atomic E-state index is 12.8. The Bertz CT molecular complexity index is 869. The van der Waals surface area contributed by atoms with E-state index in [-0.39, 0.29) is 23.7 Å². The van der Waals surface area contributed by atoms with Gasteiger partial charge >= 0.3 is 0 Å². The minimum absolute atomic E-state index is 0.261. The van der Waals surface area contributed by atoms with Gasteiger partial charge in [-0.1, -0.05) is 12.2 Å². The number of hydrogen-bond acceptors (Lipinski definition) is 5. The van der Waals surface area contributed by atoms with E-state index in [0.717, 1.165) is 41.0 Å². The van der Waals surface area contributed by atoms with Gasteiger partial charge in [-0.25, -0.2) is 0 Å². The Morgan fingerprint density at radius 3 is 2.48 bits per heavy atom. The fourth-order valence-corrected chi connectivity index (χ4v) is 5.56. The minimum atomic E-state index is -0.888. The highest BCUT2D eigenvalue weighted by Gasteiger charge is 2.50. The molecule has 2 heterocycles. The lowest BCUT2D eigenvalue weighted by atomic mass is 9.85. The molecule has 0 bridgehead atoms. The molecule has 0 spiro atoms. The molecule has 3 aliphatic rings. The van der Waals surface area contributed by atoms with Crippen LogP contribution in [-0.4, -0.2) is 28.7 Å². The molecule has 140 valence electrons. The van der Waals surface area contributed by atoms with Gasteiger partial charge in [0.25, 0.3) is 0 Å². The van der Waals surface area contributed by atoms with Crippen molar-refractivity contribution in [2.24, 2.45) is 11.8 Å². The van der Waals surface area contributed by atoms with Crippen LogP contribution in [0.4, 0.5) is 5.00 Å². The third kappa shape index (κ3) is 2.88. The average molecular weight is 383 g/mol. The molecule has 2 aliphatic carbocycles. The number of hydrogen-bond donors (Lipinski definition) is 1. The van der Waals surface area contributed by atoms with Crippen LogP contribution in [0.1, 0.15) is 48.6 Å². The molecule has 0 saturated carbocycles. The molecular formula is C20H21N3O3S. The Kier molecular flexibility index (Phi) is 4.60. The molecule has 27 heavy (non-hydrogen) atoms. The van der Waals surface area contributed by atoms with Crippen LogP contribution in [-0.2, 0) is 27.2 Å². The lowest BCUT2D eigenvalue weighted by Crippen LogP contribution is -2.46. The highest BCUT2D eigenvalue weighted by molar-refractivity contribution is 7.16. The molecule has 1 aromatic rings. The highest BCUT2D eigenvalue weighted by Crippen LogP contribution is 2.39. The summed E-state index contributed by atoms with van der Waals surface area (Å²) in [6.45, 7) is 1.58. The van der Waals surface area contributed by atoms with Crippen molar-refractivity contribution >= 4 is 34.1 Å². The zero-order chi connectivity index (χ0) is 19.1. The lowest BCUT2D eigenvalue weighted by Gasteiger charge is -2.22. The van der Waals surface area contributed by atoms with E-state index in [1.807, 2.05) is 12.2 Å². The number of anilines is 1. The number of carbonyl (C=O) groups is 3. The van der Waals surface area contributed by atoms with Crippen molar-refractivity contribution in [1.82, 2.24) is 4.90 Å². The van der Waals surface area contributed by atoms with Gasteiger partial charge in [-0.15, -0.1) is 11.3 Å². The van der Waals surface area contributed by atoms with Crippen LogP contribution in [0.5, 0.6) is 0 Å². The Labute approximate surface area is 161 Å². The number of rotatable bonds is 3. The maximum Gasteiger partial charge on any atom is 0.248 e. The molecule has 0 radical (unpaired) electrons. The zero-order valence-corrected chi connectivity index (χ0v) is 16.0. The van der Waals surface area contributed by atoms with Gasteiger partial charge in [0.1, 0.15) is 17.1 Å². The van der Waals surface area contributed by atoms with E-state index in [1.54, 1.807) is 6.92 Å². The van der Waals surface area contributed by atoms with Gasteiger partial charge < -0.3 is 5.32 Å². The number of thiophene rings is 1. The van der Waals surface area contributed by atoms with Gasteiger partial charge in [0.2, 0.25) is 17.7 Å². The molecule has 1 aromatic heterocycles. The molecule has 1 N–H and O–H groups in total. The second-order valence-corrected chi connectivity index (χ2v) is 8.50. The monoisotopic (exact) mass is 383 g/mol. The summed E-state index contributed by atoms with van der Waals surface area (Å²) >= 11 is 1.44. The molecule has 3 atom stereocenters. The van der Waals surface area contributed by atoms with Crippen LogP contribution in [0, 0.1) is 23.2 Å². The first-order valence-electron chi connectivity index (χ1n) is 9.40. The van der Waals surface area contributed by atoms with Gasteiger partial charge in [0.05, 0.1) is 17.4 Å². The maximum atomic E-state index is 12.8. The lowest BCUT2D eigenvalue weighted by molar-refractivity contribution is -0.146. The van der Waals surface area contributed by atoms with Gasteiger partial charge in [-0.05, 0) is 51.0 Å². The third-order valence-electron chi connectivity index (χ3n) is 5.83. The predicted molar refractivity (Wildman–Crippen MR) is 101 cm³/mol. The Morgan fingerprint density at radius 2 is 1.85 bits per heavy atom. The van der Waals surface area contributed by atoms with Crippen molar-refractivity contribution in [3.05, 3.63) is 28.2 Å². The standard InChI is InChI=1S/C20H21N3O3S/c1-11(23-19(25)13-7-2-3-8-14(13)20(23)26)17(24)22-18-15(10-21)12-6-4-5-9-16(12)27-18/h2-3,11,13-14H,4-9H2,1H3,(H,22,24)/t11-,13+,14+/m0/s1. The van der Waals surface area contributed by atoms with Gasteiger partial charge in [0.15, 0.2) is 0 Å². The fourth-order valence-electron chi connectivity index (χ4n) is 4.31. The van der Waals surface area contributed by atoms with E-state index in [4.69, 9.17) is 0 Å². The van der Waals surface area contributed by atoms with Crippen molar-refractivity contribution in [2.45, 2.75) is 51.5 Å². The second kappa shape index (κ2) is 6.93. The zero-order valence-electron chi connectivity index (χ0n) is 15.2. The molecule has 1 fully saturated rings. The average Bonchev–Trinajstić information content (AvgIpc) is 3.16. The van der Waals surface area contributed by atoms with Crippen LogP contribution in [0.3, 0.4) is 0 Å². The molecule has 4 rings (SSSR count). The largest absolute Gasteiger partial charge is 0.315 e. The Morgan fingerprint density at radius 1 is 1.22 bits per heavy atom. The summed E-state index contributed by atoms with van der Waals surface area (Å²) in [5.74, 6) is -1.63. The van der Waals surface area contributed by atoms with Crippen LogP contribution in [0.25, 0.3) is 0 Å². The Hall–Kier alpha value is -2.46. The van der Waals surface area contributed by atoms with Crippen LogP contribution in [0.2, 0.25) is 0 Å². The van der Waals surface area contributed by atoms with E-state index < -0.39 is 11.9 Å². The van der Waals surface area contributed by atoms with Crippen LogP contribution in [0.15, 0.2) is 12.2 Å². The predicted octanol–water partition coefficient (Wildman–Crippen LogP) is 2.78. The number of nitrogens with one attached hydrogen (secondary N) is 1. The molecule has 1 aliphatic heterocycles. The van der Waals surface area contributed by atoms with E-state index in [0.29, 0.717) is 23.4 Å². The van der Waals surface area contributed by atoms with Crippen LogP contribution < -0.4 is 5.32 Å². The summed E-state index contributed by atoms with van der Waals surface area (Å²) in [7, 11) is 0. The van der Waals surface area contributed by atoms with Crippen molar-refractivity contribution in [2.75, 3.05) is 5.32 Å². The molecule has 1 saturated heterocycles. The number of nitriles is 1. The van der Waals surface area contributed by atoms with Crippen LogP contribution >= 0.6 is 11.3 Å². The molecule has 3 amide bonds. The molecule has 6 nitrogen and oxygen atoms in total. The number of amides is 3. The first kappa shape index (κ1) is 17.9. The summed E-state index contributed by atoms with van der Waals surface area (Å²) < 4.78 is 0. The number of nitrogens with zero attached hydrogens (tertiary/aromatic N) is 2. The topological polar surface area (TPSA) is 90.3 Å². The summed E-state index contributed by atoms with van der Waals surface area (Å²) in [5, 5.41) is 12.9. The smallest absolute Gasteiger partial charge is 0.248 e. The second-order valence-electron chi connectivity index (χ2n) is 7.39. The van der Waals surface area contributed by atoms with E-state index >= 15 is 0 Å². The van der Waals surface area contributed by atoms with Crippen molar-refractivity contribution in [3.63, 3.8) is 0 Å². The summed E-state index contributed by atoms with van der Waals surface area (Å²) in [5.41, 5.74) is 1.58. The Balaban J connectivity index is 1.54. The summed E-state index contributed by atoms with van der Waals surface area (Å²) in [6.07, 6.45) is 8.89. The first-order valence-corrected chi connectivity index (χ1v) is 10.2. The number of imide groups is 1. The molecule has 0 unspecified atom stereocenters. The number of allylic oxidation sites excluding steroid dienone is 2. The van der Waals surface area contributed by atoms with Gasteiger partial charge in [-0.3, -0.25) is 19.3 Å². The quantitative estimate of drug-likeness (QED) is 0.642. The van der Waals surface area contributed by atoms with Crippen molar-refractivity contribution < 1.29 is 14.4 Å². The number of fused-ring (bicyclic) bond motifs is 2. The molecule has 7 heteroatoms. The van der Waals surface area contributed by atoms with Crippen molar-refractivity contribution in [3.8, 4) is 6.07 Å². The number of likely N-dealkylation sites (tertiary alicyclic amines) is 1. The fraction of sp³-hybridized carbons (Fsp3) is 0.500.